The quantitative estimate of drug-likeness (QED) is 0.186. The van der Waals surface area contributed by atoms with Crippen LogP contribution in [0.5, 0.6) is 0 Å². The van der Waals surface area contributed by atoms with E-state index in [1.54, 1.807) is 0 Å². The zero-order chi connectivity index (χ0) is 32.3. The van der Waals surface area contributed by atoms with Crippen molar-refractivity contribution in [3.8, 4) is 22.3 Å². The molecule has 230 valence electrons. The van der Waals surface area contributed by atoms with Crippen LogP contribution in [-0.2, 0) is 0 Å². The van der Waals surface area contributed by atoms with E-state index < -0.39 is 0 Å². The Kier molecular flexibility index (Phi) is 6.39. The molecule has 0 N–H and O–H groups in total. The summed E-state index contributed by atoms with van der Waals surface area (Å²) in [7, 11) is 0. The van der Waals surface area contributed by atoms with Gasteiger partial charge in [0.2, 0.25) is 0 Å². The van der Waals surface area contributed by atoms with Crippen molar-refractivity contribution in [3.63, 3.8) is 0 Å². The van der Waals surface area contributed by atoms with Crippen LogP contribution in [0.4, 0.5) is 17.1 Å². The van der Waals surface area contributed by atoms with Crippen LogP contribution >= 0.6 is 11.3 Å². The van der Waals surface area contributed by atoms with Crippen LogP contribution in [0.15, 0.2) is 180 Å². The highest BCUT2D eigenvalue weighted by Gasteiger charge is 2.22. The topological polar surface area (TPSA) is 16.4 Å². The smallest absolute Gasteiger partial charge is 0.136 e. The molecule has 10 rings (SSSR count). The van der Waals surface area contributed by atoms with Crippen LogP contribution < -0.4 is 4.90 Å². The van der Waals surface area contributed by atoms with Gasteiger partial charge < -0.3 is 9.32 Å². The monoisotopic (exact) mass is 643 g/mol. The average molecular weight is 644 g/mol. The number of rotatable bonds is 5. The summed E-state index contributed by atoms with van der Waals surface area (Å²) in [5.74, 6) is 0. The molecule has 0 amide bonds. The van der Waals surface area contributed by atoms with Crippen molar-refractivity contribution in [1.29, 1.82) is 0 Å². The van der Waals surface area contributed by atoms with E-state index >= 15 is 0 Å². The van der Waals surface area contributed by atoms with Crippen LogP contribution in [0.25, 0.3) is 75.1 Å². The van der Waals surface area contributed by atoms with E-state index in [4.69, 9.17) is 4.42 Å². The summed E-state index contributed by atoms with van der Waals surface area (Å²) < 4.78 is 8.95. The second kappa shape index (κ2) is 11.2. The molecule has 0 aliphatic heterocycles. The van der Waals surface area contributed by atoms with Crippen molar-refractivity contribution in [2.75, 3.05) is 4.90 Å². The van der Waals surface area contributed by atoms with Gasteiger partial charge in [0.05, 0.1) is 10.4 Å². The summed E-state index contributed by atoms with van der Waals surface area (Å²) in [6, 6.07) is 63.3. The number of benzene rings is 8. The fourth-order valence-corrected chi connectivity index (χ4v) is 8.62. The first-order chi connectivity index (χ1) is 24.3. The van der Waals surface area contributed by atoms with E-state index in [0.717, 1.165) is 44.4 Å². The summed E-state index contributed by atoms with van der Waals surface area (Å²) in [4.78, 5) is 2.44. The lowest BCUT2D eigenvalue weighted by molar-refractivity contribution is 0.669. The molecule has 0 spiro atoms. The average Bonchev–Trinajstić information content (AvgIpc) is 3.74. The molecule has 10 aromatic rings. The normalized spacial score (nSPS) is 11.7. The van der Waals surface area contributed by atoms with Crippen molar-refractivity contribution in [2.45, 2.75) is 0 Å². The van der Waals surface area contributed by atoms with E-state index in [-0.39, 0.29) is 0 Å². The number of anilines is 3. The molecule has 8 aromatic carbocycles. The molecule has 2 heterocycles. The molecule has 0 saturated heterocycles. The Morgan fingerprint density at radius 2 is 1.12 bits per heavy atom. The first kappa shape index (κ1) is 27.9. The Morgan fingerprint density at radius 1 is 0.429 bits per heavy atom. The number of para-hydroxylation sites is 1. The minimum absolute atomic E-state index is 0.893. The van der Waals surface area contributed by atoms with Crippen molar-refractivity contribution >= 4 is 81.3 Å². The van der Waals surface area contributed by atoms with Gasteiger partial charge in [0.25, 0.3) is 0 Å². The molecular weight excluding hydrogens is 615 g/mol. The van der Waals surface area contributed by atoms with Gasteiger partial charge in [-0.3, -0.25) is 0 Å². The molecule has 0 aliphatic carbocycles. The zero-order valence-electron chi connectivity index (χ0n) is 26.5. The van der Waals surface area contributed by atoms with Crippen LogP contribution in [0, 0.1) is 0 Å². The number of thiophene rings is 1. The minimum atomic E-state index is 0.893. The standard InChI is InChI=1S/C46H29NOS/c1-2-13-31(14-3-1)35-27-26-34(29-40(35)37-18-11-22-43-45(37)39-17-6-8-21-42(39)48-43)47(33-25-24-30-12-4-5-15-32(30)28-33)41-20-10-19-38-36-16-7-9-23-44(36)49-46(38)41/h1-29H. The summed E-state index contributed by atoms with van der Waals surface area (Å²) in [5.41, 5.74) is 9.85. The van der Waals surface area contributed by atoms with Crippen molar-refractivity contribution in [1.82, 2.24) is 0 Å². The third-order valence-corrected chi connectivity index (χ3v) is 10.9. The van der Waals surface area contributed by atoms with Crippen molar-refractivity contribution in [2.24, 2.45) is 0 Å². The Labute approximate surface area is 287 Å². The molecule has 0 fully saturated rings. The molecule has 2 nitrogen and oxygen atoms in total. The lowest BCUT2D eigenvalue weighted by Gasteiger charge is -2.28. The molecule has 3 heteroatoms. The molecule has 0 atom stereocenters. The first-order valence-corrected chi connectivity index (χ1v) is 17.4. The number of hydrogen-bond acceptors (Lipinski definition) is 3. The molecular formula is C46H29NOS. The second-order valence-corrected chi connectivity index (χ2v) is 13.5. The lowest BCUT2D eigenvalue weighted by Crippen LogP contribution is -2.10. The van der Waals surface area contributed by atoms with E-state index in [1.807, 2.05) is 17.4 Å². The van der Waals surface area contributed by atoms with Gasteiger partial charge in [0, 0.05) is 37.6 Å². The van der Waals surface area contributed by atoms with Crippen LogP contribution in [0.2, 0.25) is 0 Å². The van der Waals surface area contributed by atoms with Crippen LogP contribution in [-0.4, -0.2) is 0 Å². The molecule has 2 aromatic heterocycles. The third kappa shape index (κ3) is 4.55. The van der Waals surface area contributed by atoms with Gasteiger partial charge in [0.1, 0.15) is 11.2 Å². The van der Waals surface area contributed by atoms with Crippen LogP contribution in [0.1, 0.15) is 0 Å². The van der Waals surface area contributed by atoms with Gasteiger partial charge in [-0.15, -0.1) is 11.3 Å². The maximum atomic E-state index is 6.39. The van der Waals surface area contributed by atoms with Gasteiger partial charge in [0.15, 0.2) is 0 Å². The third-order valence-electron chi connectivity index (χ3n) is 9.65. The molecule has 0 saturated carbocycles. The molecule has 0 aliphatic rings. The number of furan rings is 1. The Bertz CT molecular complexity index is 2840. The van der Waals surface area contributed by atoms with Crippen LogP contribution in [0.3, 0.4) is 0 Å². The van der Waals surface area contributed by atoms with E-state index in [0.29, 0.717) is 0 Å². The Hall–Kier alpha value is -6.16. The van der Waals surface area contributed by atoms with Gasteiger partial charge in [-0.2, -0.15) is 0 Å². The largest absolute Gasteiger partial charge is 0.456 e. The molecule has 49 heavy (non-hydrogen) atoms. The van der Waals surface area contributed by atoms with Gasteiger partial charge in [-0.05, 0) is 81.6 Å². The van der Waals surface area contributed by atoms with Gasteiger partial charge >= 0.3 is 0 Å². The fraction of sp³-hybridized carbons (Fsp3) is 0. The molecule has 0 bridgehead atoms. The van der Waals surface area contributed by atoms with Gasteiger partial charge in [-0.25, -0.2) is 0 Å². The molecule has 0 radical (unpaired) electrons. The highest BCUT2D eigenvalue weighted by molar-refractivity contribution is 7.26. The lowest BCUT2D eigenvalue weighted by atomic mass is 9.91. The molecule has 0 unspecified atom stereocenters. The van der Waals surface area contributed by atoms with Crippen molar-refractivity contribution in [3.05, 3.63) is 176 Å². The summed E-state index contributed by atoms with van der Waals surface area (Å²) in [5, 5.41) is 7.27. The SMILES string of the molecule is c1ccc(-c2ccc(N(c3ccc4ccccc4c3)c3cccc4c3sc3ccccc34)cc2-c2cccc3oc4ccccc4c23)cc1. The summed E-state index contributed by atoms with van der Waals surface area (Å²) in [6.07, 6.45) is 0. The first-order valence-electron chi connectivity index (χ1n) is 16.6. The second-order valence-electron chi connectivity index (χ2n) is 12.5. The predicted octanol–water partition coefficient (Wildman–Crippen LogP) is 13.9. The van der Waals surface area contributed by atoms with Gasteiger partial charge in [-0.1, -0.05) is 127 Å². The predicted molar refractivity (Wildman–Crippen MR) is 210 cm³/mol. The maximum absolute atomic E-state index is 6.39. The maximum Gasteiger partial charge on any atom is 0.136 e. The van der Waals surface area contributed by atoms with E-state index in [2.05, 4.69) is 175 Å². The van der Waals surface area contributed by atoms with Crippen molar-refractivity contribution < 1.29 is 4.42 Å². The highest BCUT2D eigenvalue weighted by atomic mass is 32.1. The number of hydrogen-bond donors (Lipinski definition) is 0. The Morgan fingerprint density at radius 3 is 2.04 bits per heavy atom. The minimum Gasteiger partial charge on any atom is -0.456 e. The number of fused-ring (bicyclic) bond motifs is 7. The zero-order valence-corrected chi connectivity index (χ0v) is 27.3. The highest BCUT2D eigenvalue weighted by Crippen LogP contribution is 2.48. The number of nitrogens with zero attached hydrogens (tertiary/aromatic N) is 1. The fourth-order valence-electron chi connectivity index (χ4n) is 7.41. The summed E-state index contributed by atoms with van der Waals surface area (Å²) >= 11 is 1.86. The van der Waals surface area contributed by atoms with E-state index in [9.17, 15) is 0 Å². The van der Waals surface area contributed by atoms with E-state index in [1.165, 1.54) is 47.8 Å². The summed E-state index contributed by atoms with van der Waals surface area (Å²) in [6.45, 7) is 0. The Balaban J connectivity index is 1.28.